The molecule has 0 aliphatic carbocycles. The van der Waals surface area contributed by atoms with E-state index >= 15 is 0 Å². The Morgan fingerprint density at radius 1 is 0.160 bits per heavy atom. The molecule has 0 N–H and O–H groups in total. The Morgan fingerprint density at radius 2 is 0.415 bits per heavy atom. The van der Waals surface area contributed by atoms with Crippen molar-refractivity contribution in [1.82, 2.24) is 24.1 Å². The smallest absolute Gasteiger partial charge is 0.240 e. The summed E-state index contributed by atoms with van der Waals surface area (Å²) in [5.41, 5.74) is 16.3. The lowest BCUT2D eigenvalue weighted by Gasteiger charge is -2.39. The predicted molar refractivity (Wildman–Crippen MR) is 448 cm³/mol. The lowest BCUT2D eigenvalue weighted by molar-refractivity contribution is 0.893. The molecule has 19 rings (SSSR count). The molecule has 3 heterocycles. The number of rotatable bonds is 16. The Morgan fingerprint density at radius 3 is 0.755 bits per heavy atom. The zero-order chi connectivity index (χ0) is 70.4. The van der Waals surface area contributed by atoms with Crippen molar-refractivity contribution in [2.75, 3.05) is 0 Å². The van der Waals surface area contributed by atoms with Crippen molar-refractivity contribution in [3.8, 4) is 78.9 Å². The van der Waals surface area contributed by atoms with Crippen LogP contribution in [0, 0.1) is 0 Å². The summed E-state index contributed by atoms with van der Waals surface area (Å²) in [5, 5.41) is 14.2. The van der Waals surface area contributed by atoms with Crippen molar-refractivity contribution in [3.05, 3.63) is 419 Å². The minimum Gasteiger partial charge on any atom is -0.278 e. The fourth-order valence-corrected chi connectivity index (χ4v) is 26.5. The molecule has 16 aromatic carbocycles. The van der Waals surface area contributed by atoms with Crippen molar-refractivity contribution in [2.24, 2.45) is 0 Å². The van der Waals surface area contributed by atoms with Gasteiger partial charge in [0.1, 0.15) is 0 Å². The van der Waals surface area contributed by atoms with Crippen LogP contribution in [0.15, 0.2) is 419 Å². The lowest BCUT2D eigenvalue weighted by Crippen LogP contribution is -2.78. The van der Waals surface area contributed by atoms with Crippen LogP contribution in [0.25, 0.3) is 123 Å². The molecule has 0 amide bonds. The molecule has 0 spiro atoms. The minimum absolute atomic E-state index is 0.503. The summed E-state index contributed by atoms with van der Waals surface area (Å²) in [4.78, 5) is 17.9. The van der Waals surface area contributed by atoms with Gasteiger partial charge in [-0.05, 0) is 127 Å². The van der Waals surface area contributed by atoms with Gasteiger partial charge in [-0.2, -0.15) is 15.0 Å². The molecule has 0 unspecified atom stereocenters. The van der Waals surface area contributed by atoms with E-state index in [0.29, 0.717) is 17.7 Å². The van der Waals surface area contributed by atoms with Crippen LogP contribution in [0.5, 0.6) is 0 Å². The van der Waals surface area contributed by atoms with Gasteiger partial charge in [0.25, 0.3) is 0 Å². The van der Waals surface area contributed by atoms with Crippen LogP contribution in [0.3, 0.4) is 0 Å². The molecule has 3 aromatic heterocycles. The van der Waals surface area contributed by atoms with Gasteiger partial charge in [-0.15, -0.1) is 0 Å². The zero-order valence-electron chi connectivity index (χ0n) is 58.1. The van der Waals surface area contributed by atoms with Gasteiger partial charge in [-0.1, -0.05) is 388 Å². The molecule has 0 bridgehead atoms. The average Bonchev–Trinajstić information content (AvgIpc) is 0.890. The quantitative estimate of drug-likeness (QED) is 0.0715. The largest absolute Gasteiger partial charge is 0.278 e. The van der Waals surface area contributed by atoms with Crippen LogP contribution >= 0.6 is 0 Å². The van der Waals surface area contributed by atoms with E-state index in [1.165, 1.54) is 41.5 Å². The monoisotopic (exact) mass is 1380 g/mol. The van der Waals surface area contributed by atoms with Crippen molar-refractivity contribution in [2.45, 2.75) is 0 Å². The summed E-state index contributed by atoms with van der Waals surface area (Å²) in [6, 6.07) is 155. The molecule has 19 aromatic rings. The van der Waals surface area contributed by atoms with Gasteiger partial charge in [-0.25, -0.2) is 0 Å². The normalized spacial score (nSPS) is 11.8. The van der Waals surface area contributed by atoms with Crippen LogP contribution < -0.4 is 41.5 Å². The first-order valence-corrected chi connectivity index (χ1v) is 40.3. The SMILES string of the molecule is c1ccc(-c2cccc([Si](c3ccccc3)(c3cccc(-c4ccccc4)c3)c3cc(-c4nc(-n5c6ccccc6c6ccccc65)nc(-n5c6ccccc6c6cc(-c7ccccc7)ccc65)n4)cc([Si](c4ccccc4)(c4cccc(-c5ccccc5)c4)c4cccc(-c5ccccc5)c4)c3)c2)cc1. The maximum atomic E-state index is 6.05. The molecule has 0 atom stereocenters. The number of nitrogens with zero attached hydrogens (tertiary/aromatic N) is 5. The molecule has 106 heavy (non-hydrogen) atoms. The van der Waals surface area contributed by atoms with E-state index in [0.717, 1.165) is 105 Å². The summed E-state index contributed by atoms with van der Waals surface area (Å²) in [5.74, 6) is 1.55. The fraction of sp³-hybridized carbons (Fsp3) is 0. The van der Waals surface area contributed by atoms with Gasteiger partial charge in [0.05, 0.1) is 22.1 Å². The second kappa shape index (κ2) is 27.1. The van der Waals surface area contributed by atoms with E-state index in [2.05, 4.69) is 428 Å². The molecular weight excluding hydrogens is 1320 g/mol. The van der Waals surface area contributed by atoms with Gasteiger partial charge in [0.2, 0.25) is 11.9 Å². The summed E-state index contributed by atoms with van der Waals surface area (Å²) in [6.07, 6.45) is 0. The first-order chi connectivity index (χ1) is 52.5. The Bertz CT molecular complexity index is 5990. The first-order valence-electron chi connectivity index (χ1n) is 36.3. The van der Waals surface area contributed by atoms with Crippen LogP contribution in [-0.4, -0.2) is 40.2 Å². The maximum Gasteiger partial charge on any atom is 0.240 e. The molecule has 7 heteroatoms. The van der Waals surface area contributed by atoms with Gasteiger partial charge >= 0.3 is 0 Å². The van der Waals surface area contributed by atoms with Gasteiger partial charge in [0.15, 0.2) is 22.0 Å². The minimum atomic E-state index is -3.70. The van der Waals surface area contributed by atoms with Gasteiger partial charge in [0, 0.05) is 27.1 Å². The standard InChI is InChI=1S/C99H69N5Si2/c1-8-32-70(33-9-1)75-42-28-50-83(62-75)105(81-46-18-6-19-47-81,84-51-29-43-76(63-84)71-34-10-2-11-35-71)87-66-80(67-88(69-87)106(82-48-20-7-21-49-82,85-52-30-44-77(64-85)72-36-12-3-13-37-72)86-53-31-45-78(65-86)73-38-14-4-15-39-73)97-100-98(103-93-57-25-22-54-89(93)90-55-23-26-58-94(90)103)102-99(101-97)104-95-59-27-24-56-91(95)92-68-79(60-61-96(92)104)74-40-16-5-17-41-74/h1-69H. The fourth-order valence-electron chi connectivity index (χ4n) is 16.6. The van der Waals surface area contributed by atoms with Crippen LogP contribution in [-0.2, 0) is 0 Å². The highest BCUT2D eigenvalue weighted by molar-refractivity contribution is 7.22. The second-order valence-corrected chi connectivity index (χ2v) is 35.0. The van der Waals surface area contributed by atoms with Crippen molar-refractivity contribution in [1.29, 1.82) is 0 Å². The summed E-state index contributed by atoms with van der Waals surface area (Å²) >= 11 is 0. The lowest BCUT2D eigenvalue weighted by atomic mass is 10.0. The number of hydrogen-bond acceptors (Lipinski definition) is 3. The highest BCUT2D eigenvalue weighted by Crippen LogP contribution is 2.37. The maximum absolute atomic E-state index is 6.05. The zero-order valence-corrected chi connectivity index (χ0v) is 60.1. The Labute approximate surface area is 618 Å². The van der Waals surface area contributed by atoms with E-state index < -0.39 is 16.1 Å². The van der Waals surface area contributed by atoms with E-state index in [1.54, 1.807) is 0 Å². The van der Waals surface area contributed by atoms with Crippen molar-refractivity contribution < 1.29 is 0 Å². The number of para-hydroxylation sites is 3. The molecule has 0 saturated carbocycles. The molecule has 0 fully saturated rings. The number of fused-ring (bicyclic) bond motifs is 6. The number of benzene rings is 16. The topological polar surface area (TPSA) is 48.5 Å². The molecule has 0 aliphatic rings. The number of aromatic nitrogens is 5. The number of hydrogen-bond donors (Lipinski definition) is 0. The van der Waals surface area contributed by atoms with E-state index in [1.807, 2.05) is 0 Å². The van der Waals surface area contributed by atoms with Crippen molar-refractivity contribution >= 4 is 101 Å². The van der Waals surface area contributed by atoms with E-state index in [9.17, 15) is 0 Å². The summed E-state index contributed by atoms with van der Waals surface area (Å²) < 4.78 is 4.53. The van der Waals surface area contributed by atoms with Gasteiger partial charge in [-0.3, -0.25) is 9.13 Å². The molecule has 0 aliphatic heterocycles. The summed E-state index contributed by atoms with van der Waals surface area (Å²) in [7, 11) is -7.41. The summed E-state index contributed by atoms with van der Waals surface area (Å²) in [6.45, 7) is 0. The van der Waals surface area contributed by atoms with Crippen molar-refractivity contribution in [3.63, 3.8) is 0 Å². The Balaban J connectivity index is 1.00. The van der Waals surface area contributed by atoms with Crippen LogP contribution in [0.2, 0.25) is 0 Å². The van der Waals surface area contributed by atoms with Gasteiger partial charge < -0.3 is 0 Å². The van der Waals surface area contributed by atoms with E-state index in [-0.39, 0.29) is 0 Å². The third-order valence-electron chi connectivity index (χ3n) is 21.5. The third kappa shape index (κ3) is 11.0. The molecule has 5 nitrogen and oxygen atoms in total. The highest BCUT2D eigenvalue weighted by atomic mass is 28.3. The molecule has 0 saturated heterocycles. The highest BCUT2D eigenvalue weighted by Gasteiger charge is 2.47. The first kappa shape index (κ1) is 63.5. The second-order valence-electron chi connectivity index (χ2n) is 27.4. The molecule has 0 radical (unpaired) electrons. The van der Waals surface area contributed by atoms with Crippen LogP contribution in [0.4, 0.5) is 0 Å². The molecule has 498 valence electrons. The predicted octanol–water partition coefficient (Wildman–Crippen LogP) is 18.8. The van der Waals surface area contributed by atoms with Crippen LogP contribution in [0.1, 0.15) is 0 Å². The van der Waals surface area contributed by atoms with E-state index in [4.69, 9.17) is 15.0 Å². The Kier molecular flexibility index (Phi) is 16.2. The molecular formula is C99H69N5Si2. The third-order valence-corrected chi connectivity index (χ3v) is 30.9. The average molecular weight is 1380 g/mol. The Hall–Kier alpha value is -13.4.